The van der Waals surface area contributed by atoms with E-state index in [-0.39, 0.29) is 23.3 Å². The highest BCUT2D eigenvalue weighted by atomic mass is 16.5. The maximum absolute atomic E-state index is 12.9. The second-order valence-corrected chi connectivity index (χ2v) is 7.72. The molecule has 0 saturated carbocycles. The fourth-order valence-corrected chi connectivity index (χ4v) is 3.77. The van der Waals surface area contributed by atoms with Gasteiger partial charge < -0.3 is 9.42 Å². The molecule has 0 spiro atoms. The van der Waals surface area contributed by atoms with Gasteiger partial charge in [0.2, 0.25) is 0 Å². The molecule has 0 unspecified atom stereocenters. The lowest BCUT2D eigenvalue weighted by molar-refractivity contribution is 0.0655. The van der Waals surface area contributed by atoms with Crippen molar-refractivity contribution in [2.24, 2.45) is 0 Å². The van der Waals surface area contributed by atoms with E-state index in [4.69, 9.17) is 4.52 Å². The Hall–Kier alpha value is -3.74. The minimum absolute atomic E-state index is 0.245. The first kappa shape index (κ1) is 20.5. The molecule has 0 N–H and O–H groups in total. The number of hydrogen-bond donors (Lipinski definition) is 0. The number of amides is 3. The Morgan fingerprint density at radius 2 is 1.74 bits per heavy atom. The predicted molar refractivity (Wildman–Crippen MR) is 114 cm³/mol. The molecule has 2 aromatic carbocycles. The molecular weight excluding hydrogens is 394 g/mol. The number of aromatic nitrogens is 1. The van der Waals surface area contributed by atoms with Crippen LogP contribution in [0.25, 0.3) is 0 Å². The third kappa shape index (κ3) is 3.86. The summed E-state index contributed by atoms with van der Waals surface area (Å²) in [6, 6.07) is 14.4. The normalized spacial score (nSPS) is 12.9. The monoisotopic (exact) mass is 417 g/mol. The first-order valence-electron chi connectivity index (χ1n) is 10.1. The number of rotatable bonds is 6. The number of imide groups is 1. The Balaban J connectivity index is 1.50. The van der Waals surface area contributed by atoms with E-state index in [9.17, 15) is 14.4 Å². The summed E-state index contributed by atoms with van der Waals surface area (Å²) in [6.07, 6.45) is 0.582. The number of fused-ring (bicyclic) bond motifs is 1. The van der Waals surface area contributed by atoms with Gasteiger partial charge in [-0.2, -0.15) is 0 Å². The summed E-state index contributed by atoms with van der Waals surface area (Å²) in [5.74, 6) is -0.260. The Morgan fingerprint density at radius 3 is 2.42 bits per heavy atom. The average molecular weight is 417 g/mol. The van der Waals surface area contributed by atoms with Gasteiger partial charge in [-0.1, -0.05) is 35.5 Å². The molecule has 0 fully saturated rings. The zero-order valence-corrected chi connectivity index (χ0v) is 17.7. The maximum Gasteiger partial charge on any atom is 0.261 e. The van der Waals surface area contributed by atoms with E-state index < -0.39 is 0 Å². The van der Waals surface area contributed by atoms with Crippen molar-refractivity contribution < 1.29 is 18.9 Å². The van der Waals surface area contributed by atoms with Crippen LogP contribution >= 0.6 is 0 Å². The standard InChI is InChI=1S/C24H23N3O4/c1-15-21(16(2)31-25-15)14-26(3)22(28)18-9-10-19-20(13-18)24(30)27(23(19)29)12-11-17-7-5-4-6-8-17/h4-10,13H,11-12,14H2,1-3H3. The molecule has 3 aromatic rings. The third-order valence-electron chi connectivity index (χ3n) is 5.61. The third-order valence-corrected chi connectivity index (χ3v) is 5.61. The van der Waals surface area contributed by atoms with Crippen molar-refractivity contribution in [1.82, 2.24) is 15.0 Å². The molecule has 1 aliphatic heterocycles. The van der Waals surface area contributed by atoms with E-state index in [0.29, 0.717) is 36.4 Å². The van der Waals surface area contributed by atoms with Crippen LogP contribution in [-0.4, -0.2) is 46.3 Å². The minimum atomic E-state index is -0.362. The highest BCUT2D eigenvalue weighted by Gasteiger charge is 2.35. The molecule has 0 bridgehead atoms. The summed E-state index contributed by atoms with van der Waals surface area (Å²) in [5.41, 5.74) is 3.61. The van der Waals surface area contributed by atoms with E-state index in [1.54, 1.807) is 31.0 Å². The molecule has 7 nitrogen and oxygen atoms in total. The van der Waals surface area contributed by atoms with Crippen molar-refractivity contribution in [3.05, 3.63) is 87.8 Å². The zero-order chi connectivity index (χ0) is 22.1. The van der Waals surface area contributed by atoms with E-state index in [1.807, 2.05) is 37.3 Å². The van der Waals surface area contributed by atoms with Gasteiger partial charge in [0.1, 0.15) is 5.76 Å². The van der Waals surface area contributed by atoms with Crippen molar-refractivity contribution in [2.45, 2.75) is 26.8 Å². The molecule has 4 rings (SSSR count). The molecule has 7 heteroatoms. The van der Waals surface area contributed by atoms with E-state index >= 15 is 0 Å². The SMILES string of the molecule is Cc1noc(C)c1CN(C)C(=O)c1ccc2c(c1)C(=O)N(CCc1ccccc1)C2=O. The lowest BCUT2D eigenvalue weighted by Crippen LogP contribution is -2.31. The summed E-state index contributed by atoms with van der Waals surface area (Å²) < 4.78 is 5.16. The largest absolute Gasteiger partial charge is 0.361 e. The van der Waals surface area contributed by atoms with Gasteiger partial charge in [-0.05, 0) is 44.0 Å². The second-order valence-electron chi connectivity index (χ2n) is 7.72. The van der Waals surface area contributed by atoms with E-state index in [2.05, 4.69) is 5.16 Å². The van der Waals surface area contributed by atoms with Crippen molar-refractivity contribution in [1.29, 1.82) is 0 Å². The maximum atomic E-state index is 12.9. The zero-order valence-electron chi connectivity index (χ0n) is 17.7. The van der Waals surface area contributed by atoms with Crippen LogP contribution in [0, 0.1) is 13.8 Å². The molecular formula is C24H23N3O4. The van der Waals surface area contributed by atoms with E-state index in [0.717, 1.165) is 16.8 Å². The first-order valence-corrected chi connectivity index (χ1v) is 10.1. The van der Waals surface area contributed by atoms with Crippen LogP contribution in [-0.2, 0) is 13.0 Å². The Kier molecular flexibility index (Phi) is 5.42. The average Bonchev–Trinajstić information content (AvgIpc) is 3.22. The lowest BCUT2D eigenvalue weighted by Gasteiger charge is -2.17. The number of hydrogen-bond acceptors (Lipinski definition) is 5. The van der Waals surface area contributed by atoms with Gasteiger partial charge in [-0.15, -0.1) is 0 Å². The summed E-state index contributed by atoms with van der Waals surface area (Å²) in [4.78, 5) is 41.3. The molecule has 1 aromatic heterocycles. The van der Waals surface area contributed by atoms with Gasteiger partial charge in [0, 0.05) is 24.7 Å². The second kappa shape index (κ2) is 8.18. The number of carbonyl (C=O) groups is 3. The number of carbonyl (C=O) groups excluding carboxylic acids is 3. The highest BCUT2D eigenvalue weighted by molar-refractivity contribution is 6.22. The summed E-state index contributed by atoms with van der Waals surface area (Å²) >= 11 is 0. The smallest absolute Gasteiger partial charge is 0.261 e. The van der Waals surface area contributed by atoms with Crippen LogP contribution < -0.4 is 0 Å². The van der Waals surface area contributed by atoms with Gasteiger partial charge in [0.25, 0.3) is 17.7 Å². The van der Waals surface area contributed by atoms with Crippen molar-refractivity contribution in [2.75, 3.05) is 13.6 Å². The molecule has 0 atom stereocenters. The van der Waals surface area contributed by atoms with Gasteiger partial charge in [0.15, 0.2) is 0 Å². The highest BCUT2D eigenvalue weighted by Crippen LogP contribution is 2.25. The molecule has 0 aliphatic carbocycles. The quantitative estimate of drug-likeness (QED) is 0.574. The van der Waals surface area contributed by atoms with Gasteiger partial charge >= 0.3 is 0 Å². The van der Waals surface area contributed by atoms with Crippen LogP contribution in [0.4, 0.5) is 0 Å². The van der Waals surface area contributed by atoms with Crippen LogP contribution in [0.2, 0.25) is 0 Å². The summed E-state index contributed by atoms with van der Waals surface area (Å²) in [5, 5.41) is 3.91. The predicted octanol–water partition coefficient (Wildman–Crippen LogP) is 3.40. The van der Waals surface area contributed by atoms with Crippen LogP contribution in [0.15, 0.2) is 53.1 Å². The van der Waals surface area contributed by atoms with Gasteiger partial charge in [0.05, 0.1) is 23.4 Å². The van der Waals surface area contributed by atoms with Crippen LogP contribution in [0.5, 0.6) is 0 Å². The Labute approximate surface area is 180 Å². The lowest BCUT2D eigenvalue weighted by atomic mass is 10.0. The molecule has 158 valence electrons. The summed E-state index contributed by atoms with van der Waals surface area (Å²) in [6.45, 7) is 4.27. The van der Waals surface area contributed by atoms with Crippen molar-refractivity contribution in [3.8, 4) is 0 Å². The number of aryl methyl sites for hydroxylation is 2. The minimum Gasteiger partial charge on any atom is -0.361 e. The molecule has 2 heterocycles. The molecule has 3 amide bonds. The first-order chi connectivity index (χ1) is 14.9. The van der Waals surface area contributed by atoms with Crippen LogP contribution in [0.3, 0.4) is 0 Å². The van der Waals surface area contributed by atoms with Crippen LogP contribution in [0.1, 0.15) is 53.7 Å². The molecule has 31 heavy (non-hydrogen) atoms. The Morgan fingerprint density at radius 1 is 1.03 bits per heavy atom. The van der Waals surface area contributed by atoms with Gasteiger partial charge in [-0.25, -0.2) is 0 Å². The fraction of sp³-hybridized carbons (Fsp3) is 0.250. The molecule has 0 radical (unpaired) electrons. The molecule has 0 saturated heterocycles. The number of benzene rings is 2. The molecule has 1 aliphatic rings. The summed E-state index contributed by atoms with van der Waals surface area (Å²) in [7, 11) is 1.68. The number of nitrogens with zero attached hydrogens (tertiary/aromatic N) is 3. The topological polar surface area (TPSA) is 83.7 Å². The van der Waals surface area contributed by atoms with E-state index in [1.165, 1.54) is 11.0 Å². The fourth-order valence-electron chi connectivity index (χ4n) is 3.77. The van der Waals surface area contributed by atoms with Crippen molar-refractivity contribution >= 4 is 17.7 Å². The van der Waals surface area contributed by atoms with Gasteiger partial charge in [-0.3, -0.25) is 19.3 Å². The Bertz CT molecular complexity index is 1150. The van der Waals surface area contributed by atoms with Crippen molar-refractivity contribution in [3.63, 3.8) is 0 Å².